The van der Waals surface area contributed by atoms with E-state index in [1.165, 1.54) is 10.5 Å². The number of aromatic nitrogens is 1. The Labute approximate surface area is 474 Å². The second kappa shape index (κ2) is 32.9. The minimum absolute atomic E-state index is 0.00846. The van der Waals surface area contributed by atoms with E-state index in [1.807, 2.05) is 106 Å². The quantitative estimate of drug-likeness (QED) is 0.0208. The van der Waals surface area contributed by atoms with Gasteiger partial charge in [-0.3, -0.25) is 19.2 Å². The number of halogens is 1. The molecule has 426 valence electrons. The summed E-state index contributed by atoms with van der Waals surface area (Å²) < 4.78 is 34.0. The minimum atomic E-state index is -0.934. The lowest BCUT2D eigenvalue weighted by molar-refractivity contribution is -0.144. The first kappa shape index (κ1) is 62.2. The highest BCUT2D eigenvalue weighted by molar-refractivity contribution is 7.13. The summed E-state index contributed by atoms with van der Waals surface area (Å²) in [6.07, 6.45) is 0.229. The van der Waals surface area contributed by atoms with Gasteiger partial charge in [0, 0.05) is 38.9 Å². The van der Waals surface area contributed by atoms with Gasteiger partial charge in [0.15, 0.2) is 0 Å². The van der Waals surface area contributed by atoms with Crippen molar-refractivity contribution in [2.45, 2.75) is 78.1 Å². The highest BCUT2D eigenvalue weighted by atomic mass is 35.5. The monoisotopic (exact) mass is 1120 g/mol. The van der Waals surface area contributed by atoms with Crippen LogP contribution in [0.3, 0.4) is 0 Å². The molecule has 5 aromatic rings. The summed E-state index contributed by atoms with van der Waals surface area (Å²) in [5.74, 6) is 0.0311. The number of allylic oxidation sites excluding steroid dienone is 1. The van der Waals surface area contributed by atoms with E-state index in [9.17, 15) is 24.3 Å². The fourth-order valence-electron chi connectivity index (χ4n) is 8.92. The largest absolute Gasteiger partial charge is 0.492 e. The third kappa shape index (κ3) is 20.2. The number of β-amino-alcohol motifs (C(OH)–C–C–N with tert-alkyl or cyclic N) is 1. The predicted octanol–water partition coefficient (Wildman–Crippen LogP) is 8.22. The highest BCUT2D eigenvalue weighted by Crippen LogP contribution is 2.36. The van der Waals surface area contributed by atoms with Crippen molar-refractivity contribution in [2.24, 2.45) is 5.41 Å². The summed E-state index contributed by atoms with van der Waals surface area (Å²) in [7, 11) is 1.76. The van der Waals surface area contributed by atoms with Crippen LogP contribution in [0.4, 0.5) is 0 Å². The van der Waals surface area contributed by atoms with Crippen molar-refractivity contribution in [3.05, 3.63) is 143 Å². The Hall–Kier alpha value is -6.02. The molecule has 18 heteroatoms. The molecular weight excluding hydrogens is 1050 g/mol. The van der Waals surface area contributed by atoms with Crippen LogP contribution >= 0.6 is 22.9 Å². The molecule has 0 radical (unpaired) electrons. The smallest absolute Gasteiger partial charge is 0.246 e. The molecular formula is C61H78ClN5O11S. The molecule has 16 nitrogen and oxygen atoms in total. The van der Waals surface area contributed by atoms with E-state index >= 15 is 0 Å². The lowest BCUT2D eigenvalue weighted by Crippen LogP contribution is -2.57. The zero-order valence-corrected chi connectivity index (χ0v) is 47.9. The zero-order valence-electron chi connectivity index (χ0n) is 46.3. The van der Waals surface area contributed by atoms with E-state index in [2.05, 4.69) is 52.0 Å². The normalized spacial score (nSPS) is 15.1. The number of likely N-dealkylation sites (tertiary alicyclic amines) is 1. The molecule has 3 N–H and O–H groups in total. The van der Waals surface area contributed by atoms with Crippen molar-refractivity contribution in [3.8, 4) is 16.2 Å². The number of thiazole rings is 1. The van der Waals surface area contributed by atoms with Crippen molar-refractivity contribution >= 4 is 57.7 Å². The van der Waals surface area contributed by atoms with E-state index in [0.717, 1.165) is 56.1 Å². The van der Waals surface area contributed by atoms with Gasteiger partial charge < -0.3 is 54.0 Å². The molecule has 1 aliphatic heterocycles. The number of carbonyl (C=O) groups excluding carboxylic acids is 4. The van der Waals surface area contributed by atoms with Gasteiger partial charge >= 0.3 is 0 Å². The van der Waals surface area contributed by atoms with E-state index in [1.54, 1.807) is 23.3 Å². The molecule has 4 aromatic carbocycles. The van der Waals surface area contributed by atoms with Crippen molar-refractivity contribution in [1.82, 2.24) is 25.4 Å². The molecule has 1 saturated heterocycles. The standard InChI is InChI=1S/C61H78ClN5O11S/c1-44-57(79-43-64-44)49-18-16-45(17-19-49)41-63-59(71)53-40-50(68)42-67(53)60(72)58(61(2,3)4)65-54(69)25-29-73-32-34-75-36-38-77-39-37-76-35-33-74-30-26-55(70)66(5)28-31-78-51-22-20-48(21-23-51)56(47-14-10-7-11-15-47)52(24-27-62)46-12-8-6-9-13-46/h6-23,43,50,53,58,68H,24-42H2,1-5H3,(H,63,71)(H,65,69)/b56-52-/t50-,53+,58?/m1/s1. The Bertz CT molecular complexity index is 2670. The van der Waals surface area contributed by atoms with Gasteiger partial charge in [-0.15, -0.1) is 22.9 Å². The Kier molecular flexibility index (Phi) is 25.9. The topological polar surface area (TPSA) is 187 Å². The molecule has 0 saturated carbocycles. The van der Waals surface area contributed by atoms with Crippen LogP contribution in [-0.4, -0.2) is 160 Å². The average Bonchev–Trinajstić information content (AvgIpc) is 4.14. The number of nitrogens with one attached hydrogen (secondary N) is 2. The molecule has 1 aromatic heterocycles. The first-order valence-electron chi connectivity index (χ1n) is 27.0. The average molecular weight is 1120 g/mol. The van der Waals surface area contributed by atoms with Gasteiger partial charge in [-0.1, -0.05) is 118 Å². The molecule has 3 atom stereocenters. The van der Waals surface area contributed by atoms with Gasteiger partial charge in [0.25, 0.3) is 0 Å². The summed E-state index contributed by atoms with van der Waals surface area (Å²) in [4.78, 5) is 61.6. The maximum absolute atomic E-state index is 14.0. The lowest BCUT2D eigenvalue weighted by atomic mass is 9.85. The molecule has 1 unspecified atom stereocenters. The van der Waals surface area contributed by atoms with Crippen LogP contribution in [0.25, 0.3) is 21.6 Å². The molecule has 2 heterocycles. The molecule has 6 rings (SSSR count). The summed E-state index contributed by atoms with van der Waals surface area (Å²) >= 11 is 7.89. The van der Waals surface area contributed by atoms with E-state index in [-0.39, 0.29) is 69.9 Å². The molecule has 79 heavy (non-hydrogen) atoms. The third-order valence-corrected chi connectivity index (χ3v) is 14.4. The fraction of sp³-hybridized carbons (Fsp3) is 0.459. The van der Waals surface area contributed by atoms with Crippen LogP contribution in [0.2, 0.25) is 0 Å². The maximum atomic E-state index is 14.0. The molecule has 1 aliphatic rings. The van der Waals surface area contributed by atoms with E-state index < -0.39 is 29.5 Å². The molecule has 0 spiro atoms. The van der Waals surface area contributed by atoms with Crippen molar-refractivity contribution in [3.63, 3.8) is 0 Å². The second-order valence-electron chi connectivity index (χ2n) is 20.2. The van der Waals surface area contributed by atoms with Gasteiger partial charge in [-0.2, -0.15) is 0 Å². The van der Waals surface area contributed by atoms with Gasteiger partial charge in [0.2, 0.25) is 23.6 Å². The van der Waals surface area contributed by atoms with Gasteiger partial charge in [0.05, 0.1) is 101 Å². The van der Waals surface area contributed by atoms with E-state index in [0.29, 0.717) is 65.3 Å². The Morgan fingerprint density at radius 1 is 0.734 bits per heavy atom. The zero-order chi connectivity index (χ0) is 56.4. The Morgan fingerprint density at radius 3 is 1.85 bits per heavy atom. The molecule has 1 fully saturated rings. The van der Waals surface area contributed by atoms with Gasteiger partial charge in [-0.25, -0.2) is 4.98 Å². The van der Waals surface area contributed by atoms with Crippen molar-refractivity contribution in [2.75, 3.05) is 98.7 Å². The maximum Gasteiger partial charge on any atom is 0.246 e. The Morgan fingerprint density at radius 2 is 1.29 bits per heavy atom. The minimum Gasteiger partial charge on any atom is -0.492 e. The number of alkyl halides is 1. The third-order valence-electron chi connectivity index (χ3n) is 13.2. The summed E-state index contributed by atoms with van der Waals surface area (Å²) in [5, 5.41) is 16.3. The van der Waals surface area contributed by atoms with Crippen molar-refractivity contribution < 1.29 is 52.7 Å². The number of aliphatic hydroxyl groups excluding tert-OH is 1. The van der Waals surface area contributed by atoms with E-state index in [4.69, 9.17) is 40.0 Å². The van der Waals surface area contributed by atoms with Crippen LogP contribution in [0.5, 0.6) is 5.75 Å². The number of amides is 4. The first-order valence-corrected chi connectivity index (χ1v) is 28.5. The van der Waals surface area contributed by atoms with Crippen LogP contribution in [0.1, 0.15) is 74.4 Å². The van der Waals surface area contributed by atoms with Gasteiger partial charge in [0.1, 0.15) is 24.4 Å². The van der Waals surface area contributed by atoms with Crippen LogP contribution in [-0.2, 0) is 49.4 Å². The number of aryl methyl sites for hydroxylation is 1. The number of likely N-dealkylation sites (N-methyl/N-ethyl adjacent to an activating group) is 1. The van der Waals surface area contributed by atoms with Crippen LogP contribution in [0.15, 0.2) is 115 Å². The second-order valence-corrected chi connectivity index (χ2v) is 21.5. The first-order chi connectivity index (χ1) is 38.2. The number of hydrogen-bond donors (Lipinski definition) is 3. The van der Waals surface area contributed by atoms with Crippen LogP contribution in [0, 0.1) is 12.3 Å². The SMILES string of the molecule is Cc1ncsc1-c1ccc(CNC(=O)[C@@H]2C[C@@H](O)CN2C(=O)C(NC(=O)CCOCCOCCOCCOCCOCCC(=O)N(C)CCOc2ccc(/C(=C(/CCCl)c3ccccc3)c3ccccc3)cc2)C(C)(C)C)cc1. The molecule has 0 bridgehead atoms. The Balaban J connectivity index is 0.756. The highest BCUT2D eigenvalue weighted by Gasteiger charge is 2.44. The number of carbonyl (C=O) groups is 4. The van der Waals surface area contributed by atoms with Crippen molar-refractivity contribution in [1.29, 1.82) is 0 Å². The molecule has 4 amide bonds. The number of hydrogen-bond acceptors (Lipinski definition) is 13. The number of ether oxygens (including phenoxy) is 6. The number of benzene rings is 4. The summed E-state index contributed by atoms with van der Waals surface area (Å²) in [6.45, 7) is 11.7. The van der Waals surface area contributed by atoms with Crippen LogP contribution < -0.4 is 15.4 Å². The number of rotatable bonds is 33. The fourth-order valence-corrected chi connectivity index (χ4v) is 9.92. The van der Waals surface area contributed by atoms with Gasteiger partial charge in [-0.05, 0) is 69.9 Å². The number of aliphatic hydroxyl groups is 1. The lowest BCUT2D eigenvalue weighted by Gasteiger charge is -2.35. The molecule has 0 aliphatic carbocycles. The predicted molar refractivity (Wildman–Crippen MR) is 309 cm³/mol. The number of nitrogens with zero attached hydrogens (tertiary/aromatic N) is 3. The summed E-state index contributed by atoms with van der Waals surface area (Å²) in [5.41, 5.74) is 9.68. The summed E-state index contributed by atoms with van der Waals surface area (Å²) in [6, 6.07) is 34.8.